The molecule has 1 amide bonds. The van der Waals surface area contributed by atoms with E-state index in [1.807, 2.05) is 0 Å². The van der Waals surface area contributed by atoms with Crippen molar-refractivity contribution in [1.82, 2.24) is 15.1 Å². The van der Waals surface area contributed by atoms with Crippen molar-refractivity contribution in [1.29, 1.82) is 0 Å². The Balaban J connectivity index is 1.82. The Kier molecular flexibility index (Phi) is 3.68. The van der Waals surface area contributed by atoms with Gasteiger partial charge in [-0.25, -0.2) is 4.39 Å². The first-order valence-electron chi connectivity index (χ1n) is 6.99. The van der Waals surface area contributed by atoms with Crippen molar-refractivity contribution in [3.05, 3.63) is 36.0 Å². The van der Waals surface area contributed by atoms with Gasteiger partial charge < -0.3 is 9.32 Å². The first-order valence-corrected chi connectivity index (χ1v) is 6.99. The molecule has 2 aromatic rings. The van der Waals surface area contributed by atoms with Crippen LogP contribution in [0.5, 0.6) is 0 Å². The second-order valence-corrected chi connectivity index (χ2v) is 5.23. The molecule has 0 saturated carbocycles. The van der Waals surface area contributed by atoms with Crippen LogP contribution in [0.1, 0.15) is 31.6 Å². The average molecular weight is 289 g/mol. The van der Waals surface area contributed by atoms with E-state index in [2.05, 4.69) is 10.2 Å². The molecule has 1 aromatic carbocycles. The Morgan fingerprint density at radius 3 is 2.95 bits per heavy atom. The van der Waals surface area contributed by atoms with Gasteiger partial charge in [-0.2, -0.15) is 0 Å². The Labute approximate surface area is 121 Å². The predicted octanol–water partition coefficient (Wildman–Crippen LogP) is 2.60. The van der Waals surface area contributed by atoms with Crippen molar-refractivity contribution in [2.45, 2.75) is 25.7 Å². The van der Waals surface area contributed by atoms with Crippen molar-refractivity contribution in [3.63, 3.8) is 0 Å². The average Bonchev–Trinajstić information content (AvgIpc) is 2.97. The van der Waals surface area contributed by atoms with Gasteiger partial charge in [-0.15, -0.1) is 10.2 Å². The fourth-order valence-corrected chi connectivity index (χ4v) is 2.61. The molecule has 0 N–H and O–H groups in total. The zero-order valence-electron chi connectivity index (χ0n) is 11.8. The van der Waals surface area contributed by atoms with E-state index in [1.54, 1.807) is 30.0 Å². The summed E-state index contributed by atoms with van der Waals surface area (Å²) in [6.45, 7) is 2.90. The summed E-state index contributed by atoms with van der Waals surface area (Å²) in [5.41, 5.74) is 0.301. The molecule has 3 rings (SSSR count). The Hall–Kier alpha value is -2.24. The number of carbonyl (C=O) groups is 1. The third-order valence-corrected chi connectivity index (χ3v) is 3.76. The van der Waals surface area contributed by atoms with E-state index in [1.165, 1.54) is 6.07 Å². The normalized spacial score (nSPS) is 18.8. The molecule has 6 heteroatoms. The van der Waals surface area contributed by atoms with Gasteiger partial charge in [0.1, 0.15) is 5.82 Å². The van der Waals surface area contributed by atoms with E-state index >= 15 is 0 Å². The van der Waals surface area contributed by atoms with Crippen molar-refractivity contribution in [2.75, 3.05) is 13.1 Å². The summed E-state index contributed by atoms with van der Waals surface area (Å²) in [5, 5.41) is 7.96. The van der Waals surface area contributed by atoms with Crippen LogP contribution in [0.2, 0.25) is 0 Å². The number of carbonyl (C=O) groups excluding carboxylic acids is 1. The smallest absolute Gasteiger partial charge is 0.250 e. The number of benzene rings is 1. The van der Waals surface area contributed by atoms with Crippen molar-refractivity contribution < 1.29 is 13.6 Å². The van der Waals surface area contributed by atoms with Crippen LogP contribution in [0, 0.1) is 5.82 Å². The maximum absolute atomic E-state index is 13.7. The number of aromatic nitrogens is 2. The standard InChI is InChI=1S/C15H16FN3O2/c1-10(20)19-8-4-5-11(9-19)14-17-18-15(21-14)12-6-2-3-7-13(12)16/h2-3,6-7,11H,4-5,8-9H2,1H3/t11-/m1/s1. The molecule has 1 fully saturated rings. The summed E-state index contributed by atoms with van der Waals surface area (Å²) in [6, 6.07) is 6.30. The number of hydrogen-bond donors (Lipinski definition) is 0. The summed E-state index contributed by atoms with van der Waals surface area (Å²) in [4.78, 5) is 13.2. The molecule has 21 heavy (non-hydrogen) atoms. The fourth-order valence-electron chi connectivity index (χ4n) is 2.61. The molecule has 0 aliphatic carbocycles. The summed E-state index contributed by atoms with van der Waals surface area (Å²) in [5.74, 6) is 0.341. The highest BCUT2D eigenvalue weighted by Crippen LogP contribution is 2.29. The van der Waals surface area contributed by atoms with Crippen LogP contribution in [0.15, 0.2) is 28.7 Å². The monoisotopic (exact) mass is 289 g/mol. The van der Waals surface area contributed by atoms with Gasteiger partial charge in [-0.05, 0) is 25.0 Å². The maximum atomic E-state index is 13.7. The second kappa shape index (κ2) is 5.63. The molecular formula is C15H16FN3O2. The first kappa shape index (κ1) is 13.7. The number of hydrogen-bond acceptors (Lipinski definition) is 4. The molecule has 0 bridgehead atoms. The number of rotatable bonds is 2. The molecule has 0 spiro atoms. The minimum Gasteiger partial charge on any atom is -0.420 e. The molecule has 0 radical (unpaired) electrons. The van der Waals surface area contributed by atoms with Crippen molar-refractivity contribution in [3.8, 4) is 11.5 Å². The molecular weight excluding hydrogens is 273 g/mol. The first-order chi connectivity index (χ1) is 10.1. The van der Waals surface area contributed by atoms with Gasteiger partial charge in [-0.3, -0.25) is 4.79 Å². The van der Waals surface area contributed by atoms with Crippen LogP contribution in [-0.4, -0.2) is 34.1 Å². The Morgan fingerprint density at radius 1 is 1.38 bits per heavy atom. The lowest BCUT2D eigenvalue weighted by Crippen LogP contribution is -2.37. The summed E-state index contributed by atoms with van der Waals surface area (Å²) in [6.07, 6.45) is 1.80. The van der Waals surface area contributed by atoms with E-state index in [-0.39, 0.29) is 23.5 Å². The molecule has 1 saturated heterocycles. The zero-order valence-corrected chi connectivity index (χ0v) is 11.8. The summed E-state index contributed by atoms with van der Waals surface area (Å²) < 4.78 is 19.3. The molecule has 1 aliphatic rings. The third kappa shape index (κ3) is 2.79. The molecule has 5 nitrogen and oxygen atoms in total. The lowest BCUT2D eigenvalue weighted by Gasteiger charge is -2.30. The number of likely N-dealkylation sites (tertiary alicyclic amines) is 1. The lowest BCUT2D eigenvalue weighted by atomic mass is 9.98. The molecule has 1 atom stereocenters. The van der Waals surface area contributed by atoms with Crippen LogP contribution < -0.4 is 0 Å². The predicted molar refractivity (Wildman–Crippen MR) is 73.9 cm³/mol. The Bertz CT molecular complexity index is 656. The highest BCUT2D eigenvalue weighted by Gasteiger charge is 2.27. The molecule has 2 heterocycles. The van der Waals surface area contributed by atoms with E-state index in [9.17, 15) is 9.18 Å². The highest BCUT2D eigenvalue weighted by atomic mass is 19.1. The highest BCUT2D eigenvalue weighted by molar-refractivity contribution is 5.73. The van der Waals surface area contributed by atoms with Gasteiger partial charge in [0.05, 0.1) is 11.5 Å². The van der Waals surface area contributed by atoms with Crippen LogP contribution in [0.25, 0.3) is 11.5 Å². The number of nitrogens with zero attached hydrogens (tertiary/aromatic N) is 3. The van der Waals surface area contributed by atoms with Gasteiger partial charge in [0, 0.05) is 20.0 Å². The SMILES string of the molecule is CC(=O)N1CCC[C@@H](c2nnc(-c3ccccc3F)o2)C1. The number of piperidine rings is 1. The van der Waals surface area contributed by atoms with Gasteiger partial charge in [0.2, 0.25) is 11.8 Å². The second-order valence-electron chi connectivity index (χ2n) is 5.23. The van der Waals surface area contributed by atoms with Gasteiger partial charge in [-0.1, -0.05) is 12.1 Å². The number of halogens is 1. The maximum Gasteiger partial charge on any atom is 0.250 e. The minimum atomic E-state index is -0.387. The quantitative estimate of drug-likeness (QED) is 0.852. The third-order valence-electron chi connectivity index (χ3n) is 3.76. The van der Waals surface area contributed by atoms with Crippen molar-refractivity contribution in [2.24, 2.45) is 0 Å². The summed E-state index contributed by atoms with van der Waals surface area (Å²) >= 11 is 0. The zero-order chi connectivity index (χ0) is 14.8. The van der Waals surface area contributed by atoms with Gasteiger partial charge >= 0.3 is 0 Å². The molecule has 1 aromatic heterocycles. The largest absolute Gasteiger partial charge is 0.420 e. The fraction of sp³-hybridized carbons (Fsp3) is 0.400. The van der Waals surface area contributed by atoms with Gasteiger partial charge in [0.25, 0.3) is 5.89 Å². The number of amides is 1. The lowest BCUT2D eigenvalue weighted by molar-refractivity contribution is -0.130. The van der Waals surface area contributed by atoms with Crippen LogP contribution in [0.3, 0.4) is 0 Å². The summed E-state index contributed by atoms with van der Waals surface area (Å²) in [7, 11) is 0. The Morgan fingerprint density at radius 2 is 2.19 bits per heavy atom. The molecule has 110 valence electrons. The van der Waals surface area contributed by atoms with Gasteiger partial charge in [0.15, 0.2) is 0 Å². The van der Waals surface area contributed by atoms with E-state index in [4.69, 9.17) is 4.42 Å². The van der Waals surface area contributed by atoms with Crippen LogP contribution >= 0.6 is 0 Å². The topological polar surface area (TPSA) is 59.2 Å². The van der Waals surface area contributed by atoms with Crippen LogP contribution in [0.4, 0.5) is 4.39 Å². The van der Waals surface area contributed by atoms with Crippen molar-refractivity contribution >= 4 is 5.91 Å². The van der Waals surface area contributed by atoms with Crippen LogP contribution in [-0.2, 0) is 4.79 Å². The molecule has 0 unspecified atom stereocenters. The van der Waals surface area contributed by atoms with E-state index < -0.39 is 0 Å². The van der Waals surface area contributed by atoms with E-state index in [0.29, 0.717) is 18.0 Å². The molecule has 1 aliphatic heterocycles. The van der Waals surface area contributed by atoms with E-state index in [0.717, 1.165) is 19.4 Å². The minimum absolute atomic E-state index is 0.0238.